The van der Waals surface area contributed by atoms with Crippen molar-refractivity contribution in [2.75, 3.05) is 4.90 Å². The molecule has 24 heavy (non-hydrogen) atoms. The van der Waals surface area contributed by atoms with E-state index >= 15 is 0 Å². The number of nitrogens with zero attached hydrogens (tertiary/aromatic N) is 2. The van der Waals surface area contributed by atoms with E-state index in [0.29, 0.717) is 21.4 Å². The Bertz CT molecular complexity index is 896. The maximum Gasteiger partial charge on any atom is 0.323 e. The van der Waals surface area contributed by atoms with Crippen molar-refractivity contribution in [2.45, 2.75) is 6.92 Å². The van der Waals surface area contributed by atoms with Crippen LogP contribution in [0.5, 0.6) is 0 Å². The Labute approximate surface area is 144 Å². The molecule has 5 nitrogen and oxygen atoms in total. The average molecular weight is 357 g/mol. The molecule has 122 valence electrons. The summed E-state index contributed by atoms with van der Waals surface area (Å²) in [5, 5.41) is 2.35. The maximum absolute atomic E-state index is 12.9. The molecule has 0 aliphatic rings. The fourth-order valence-electron chi connectivity index (χ4n) is 2.49. The predicted octanol–water partition coefficient (Wildman–Crippen LogP) is 3.18. The van der Waals surface area contributed by atoms with Gasteiger partial charge in [0, 0.05) is 16.9 Å². The van der Waals surface area contributed by atoms with E-state index in [2.05, 4.69) is 4.98 Å². The summed E-state index contributed by atoms with van der Waals surface area (Å²) in [5.74, 6) is 0. The van der Waals surface area contributed by atoms with E-state index in [0.717, 1.165) is 5.56 Å². The number of anilines is 2. The molecule has 1 atom stereocenters. The fraction of sp³-hybridized carbons (Fsp3) is 0.0588. The van der Waals surface area contributed by atoms with Crippen LogP contribution in [0.2, 0.25) is 0 Å². The van der Waals surface area contributed by atoms with Gasteiger partial charge in [0.25, 0.3) is 0 Å². The third-order valence-corrected chi connectivity index (χ3v) is 6.52. The van der Waals surface area contributed by atoms with Crippen molar-refractivity contribution in [3.63, 3.8) is 0 Å². The zero-order chi connectivity index (χ0) is 17.1. The molecule has 0 aliphatic heterocycles. The van der Waals surface area contributed by atoms with Crippen LogP contribution in [-0.4, -0.2) is 11.0 Å². The van der Waals surface area contributed by atoms with Crippen LogP contribution in [0.25, 0.3) is 0 Å². The molecule has 2 amide bonds. The molecule has 2 aromatic carbocycles. The summed E-state index contributed by atoms with van der Waals surface area (Å²) in [6.45, 7) is 1.90. The first kappa shape index (κ1) is 16.4. The van der Waals surface area contributed by atoms with Gasteiger partial charge in [0.15, 0.2) is 12.5 Å². The summed E-state index contributed by atoms with van der Waals surface area (Å²) in [4.78, 5) is 17.7. The number of urea groups is 1. The molecule has 0 saturated heterocycles. The Morgan fingerprint density at radius 2 is 1.79 bits per heavy atom. The summed E-state index contributed by atoms with van der Waals surface area (Å²) < 4.78 is 13.5. The quantitative estimate of drug-likeness (QED) is 0.729. The number of aryl methyl sites for hydroxylation is 1. The molecule has 0 fully saturated rings. The first-order chi connectivity index (χ1) is 11.6. The number of carbonyl (C=O) groups excluding carboxylic acids is 1. The average Bonchev–Trinajstić information content (AvgIpc) is 3.11. The van der Waals surface area contributed by atoms with Gasteiger partial charge in [-0.05, 0) is 30.7 Å². The van der Waals surface area contributed by atoms with E-state index in [-0.39, 0.29) is 0 Å². The Morgan fingerprint density at radius 1 is 1.12 bits per heavy atom. The molecule has 0 bridgehead atoms. The molecule has 3 rings (SSSR count). The van der Waals surface area contributed by atoms with Gasteiger partial charge in [0.1, 0.15) is 0 Å². The highest BCUT2D eigenvalue weighted by Gasteiger charge is 2.23. The summed E-state index contributed by atoms with van der Waals surface area (Å²) in [6.07, 6.45) is 1.62. The lowest BCUT2D eigenvalue weighted by Gasteiger charge is -2.24. The van der Waals surface area contributed by atoms with Gasteiger partial charge >= 0.3 is 6.03 Å². The van der Waals surface area contributed by atoms with Gasteiger partial charge in [-0.15, -0.1) is 11.3 Å². The first-order valence-electron chi connectivity index (χ1n) is 7.28. The van der Waals surface area contributed by atoms with Crippen molar-refractivity contribution in [2.24, 2.45) is 5.73 Å². The van der Waals surface area contributed by atoms with Gasteiger partial charge in [0.05, 0.1) is 11.4 Å². The molecule has 1 unspecified atom stereocenters. The number of rotatable bonds is 4. The molecule has 0 radical (unpaired) electrons. The van der Waals surface area contributed by atoms with Gasteiger partial charge in [-0.3, -0.25) is 4.90 Å². The molecule has 7 heteroatoms. The van der Waals surface area contributed by atoms with Crippen LogP contribution in [0.3, 0.4) is 0 Å². The zero-order valence-electron chi connectivity index (χ0n) is 13.0. The van der Waals surface area contributed by atoms with Crippen molar-refractivity contribution in [3.05, 3.63) is 65.7 Å². The summed E-state index contributed by atoms with van der Waals surface area (Å²) >= 11 is 1.34. The Morgan fingerprint density at radius 3 is 2.42 bits per heavy atom. The van der Waals surface area contributed by atoms with Crippen LogP contribution >= 0.6 is 19.1 Å². The van der Waals surface area contributed by atoms with Crippen LogP contribution in [0.4, 0.5) is 16.2 Å². The van der Waals surface area contributed by atoms with Crippen molar-refractivity contribution in [3.8, 4) is 0 Å². The molecule has 0 spiro atoms. The predicted molar refractivity (Wildman–Crippen MR) is 99.7 cm³/mol. The molecular weight excluding hydrogens is 341 g/mol. The highest BCUT2D eigenvalue weighted by atomic mass is 32.1. The van der Waals surface area contributed by atoms with Crippen LogP contribution in [0.15, 0.2) is 60.1 Å². The number of hydrogen-bond donors (Lipinski definition) is 1. The van der Waals surface area contributed by atoms with Crippen LogP contribution in [-0.2, 0) is 4.57 Å². The highest BCUT2D eigenvalue weighted by Crippen LogP contribution is 2.32. The van der Waals surface area contributed by atoms with Crippen molar-refractivity contribution < 1.29 is 9.36 Å². The molecule has 0 aliphatic carbocycles. The first-order valence-corrected chi connectivity index (χ1v) is 9.57. The number of aromatic nitrogens is 1. The molecule has 3 aromatic rings. The second-order valence-electron chi connectivity index (χ2n) is 5.14. The number of para-hydroxylation sites is 2. The monoisotopic (exact) mass is 357 g/mol. The number of nitrogens with two attached hydrogens (primary N) is 1. The van der Waals surface area contributed by atoms with Crippen LogP contribution in [0, 0.1) is 6.92 Å². The van der Waals surface area contributed by atoms with E-state index in [1.54, 1.807) is 35.8 Å². The highest BCUT2D eigenvalue weighted by molar-refractivity contribution is 7.67. The third-order valence-electron chi connectivity index (χ3n) is 3.59. The van der Waals surface area contributed by atoms with E-state index in [9.17, 15) is 9.36 Å². The van der Waals surface area contributed by atoms with E-state index in [1.165, 1.54) is 16.2 Å². The molecule has 1 heterocycles. The number of thiazole rings is 1. The Balaban J connectivity index is 2.15. The fourth-order valence-corrected chi connectivity index (χ4v) is 4.92. The summed E-state index contributed by atoms with van der Waals surface area (Å²) in [5.41, 5.74) is 7.74. The second-order valence-corrected chi connectivity index (χ2v) is 8.07. The van der Waals surface area contributed by atoms with Crippen LogP contribution in [0.1, 0.15) is 5.56 Å². The smallest absolute Gasteiger partial charge is 0.323 e. The van der Waals surface area contributed by atoms with Crippen molar-refractivity contribution >= 4 is 46.6 Å². The molecule has 0 saturated carbocycles. The largest absolute Gasteiger partial charge is 0.351 e. The SMILES string of the molecule is Cc1ccccc1N(C(N)=O)c1ccccc1[PH](=O)c1nccs1. The topological polar surface area (TPSA) is 76.3 Å². The minimum Gasteiger partial charge on any atom is -0.351 e. The number of amides is 2. The number of benzene rings is 2. The summed E-state index contributed by atoms with van der Waals surface area (Å²) in [6, 6.07) is 13.9. The van der Waals surface area contributed by atoms with Crippen LogP contribution < -0.4 is 20.7 Å². The van der Waals surface area contributed by atoms with Gasteiger partial charge in [-0.25, -0.2) is 9.78 Å². The van der Waals surface area contributed by atoms with Gasteiger partial charge in [-0.2, -0.15) is 0 Å². The van der Waals surface area contributed by atoms with Gasteiger partial charge in [0.2, 0.25) is 0 Å². The lowest BCUT2D eigenvalue weighted by Crippen LogP contribution is -2.34. The molecule has 2 N–H and O–H groups in total. The number of carbonyl (C=O) groups is 1. The van der Waals surface area contributed by atoms with Gasteiger partial charge < -0.3 is 10.3 Å². The zero-order valence-corrected chi connectivity index (χ0v) is 14.8. The minimum absolute atomic E-state index is 0.526. The Kier molecular flexibility index (Phi) is 4.79. The van der Waals surface area contributed by atoms with Crippen molar-refractivity contribution in [1.82, 2.24) is 4.98 Å². The maximum atomic E-state index is 12.9. The number of primary amides is 1. The lowest BCUT2D eigenvalue weighted by atomic mass is 10.1. The van der Waals surface area contributed by atoms with Gasteiger partial charge in [-0.1, -0.05) is 30.3 Å². The van der Waals surface area contributed by atoms with Crippen molar-refractivity contribution in [1.29, 1.82) is 0 Å². The van der Waals surface area contributed by atoms with E-state index in [4.69, 9.17) is 5.73 Å². The van der Waals surface area contributed by atoms with E-state index < -0.39 is 13.8 Å². The normalized spacial score (nSPS) is 11.9. The third kappa shape index (κ3) is 3.11. The second kappa shape index (κ2) is 6.99. The lowest BCUT2D eigenvalue weighted by molar-refractivity contribution is 0.256. The minimum atomic E-state index is -2.32. The standard InChI is InChI=1S/C17H16N3O2PS/c1-12-6-2-3-7-13(12)20(16(18)21)14-8-4-5-9-15(14)23(22)17-19-10-11-24-17/h2-11,23H,1H3,(H2,18,21). The Hall–Kier alpha value is -2.43. The number of hydrogen-bond acceptors (Lipinski definition) is 4. The molecule has 1 aromatic heterocycles. The molecular formula is C17H16N3O2PS. The van der Waals surface area contributed by atoms with E-state index in [1.807, 2.05) is 31.2 Å². The summed E-state index contributed by atoms with van der Waals surface area (Å²) in [7, 11) is -2.32.